The van der Waals surface area contributed by atoms with Gasteiger partial charge in [-0.25, -0.2) is 14.6 Å². The Morgan fingerprint density at radius 2 is 2.06 bits per heavy atom. The van der Waals surface area contributed by atoms with E-state index in [4.69, 9.17) is 0 Å². The van der Waals surface area contributed by atoms with Gasteiger partial charge in [0.15, 0.2) is 0 Å². The number of carbonyl (C=O) groups excluding carboxylic acids is 1. The topological polar surface area (TPSA) is 75.9 Å². The highest BCUT2D eigenvalue weighted by molar-refractivity contribution is 7.13. The molecule has 1 aromatic carbocycles. The van der Waals surface area contributed by atoms with E-state index in [1.165, 1.54) is 5.56 Å². The van der Waals surface area contributed by atoms with Gasteiger partial charge in [0.05, 0.1) is 28.0 Å². The summed E-state index contributed by atoms with van der Waals surface area (Å²) in [5.74, 6) is 0.358. The molecule has 1 aliphatic rings. The van der Waals surface area contributed by atoms with E-state index in [9.17, 15) is 4.79 Å². The molecule has 1 saturated heterocycles. The number of likely N-dealkylation sites (tertiary alicyclic amines) is 1. The highest BCUT2D eigenvalue weighted by atomic mass is 32.1. The maximum atomic E-state index is 13.0. The van der Waals surface area contributed by atoms with Crippen LogP contribution in [0.4, 0.5) is 0 Å². The van der Waals surface area contributed by atoms with Crippen LogP contribution in [0.5, 0.6) is 0 Å². The van der Waals surface area contributed by atoms with Gasteiger partial charge in [0.1, 0.15) is 0 Å². The Hall–Kier alpha value is -3.36. The molecule has 1 amide bonds. The van der Waals surface area contributed by atoms with Crippen molar-refractivity contribution in [3.63, 3.8) is 0 Å². The monoisotopic (exact) mass is 444 g/mol. The molecule has 1 fully saturated rings. The molecule has 7 nitrogen and oxygen atoms in total. The number of hydrogen-bond acceptors (Lipinski definition) is 6. The summed E-state index contributed by atoms with van der Waals surface area (Å²) in [5, 5.41) is 9.59. The molecule has 8 heteroatoms. The van der Waals surface area contributed by atoms with Crippen LogP contribution in [0, 0.1) is 6.92 Å². The Kier molecular flexibility index (Phi) is 5.79. The van der Waals surface area contributed by atoms with Crippen molar-refractivity contribution in [2.75, 3.05) is 13.1 Å². The van der Waals surface area contributed by atoms with Crippen molar-refractivity contribution in [1.82, 2.24) is 30.0 Å². The molecule has 3 aromatic heterocycles. The molecule has 1 aliphatic heterocycles. The van der Waals surface area contributed by atoms with E-state index in [-0.39, 0.29) is 11.9 Å². The van der Waals surface area contributed by atoms with Gasteiger partial charge in [-0.15, -0.1) is 11.3 Å². The molecule has 1 atom stereocenters. The fourth-order valence-electron chi connectivity index (χ4n) is 4.04. The van der Waals surface area contributed by atoms with Gasteiger partial charge < -0.3 is 5.32 Å². The van der Waals surface area contributed by atoms with Crippen LogP contribution < -0.4 is 5.32 Å². The Labute approximate surface area is 190 Å². The van der Waals surface area contributed by atoms with Gasteiger partial charge in [-0.05, 0) is 36.4 Å². The zero-order chi connectivity index (χ0) is 21.9. The first-order chi connectivity index (χ1) is 15.7. The van der Waals surface area contributed by atoms with Crippen LogP contribution >= 0.6 is 11.3 Å². The Balaban J connectivity index is 1.26. The minimum Gasteiger partial charge on any atom is -0.348 e. The van der Waals surface area contributed by atoms with Crippen LogP contribution in [0.2, 0.25) is 0 Å². The second-order valence-electron chi connectivity index (χ2n) is 7.95. The Morgan fingerprint density at radius 3 is 2.88 bits per heavy atom. The highest BCUT2D eigenvalue weighted by Gasteiger charge is 2.26. The standard InChI is InChI=1S/C24H24N6OS/c1-17-20(14-26-30(17)24-25-11-9-21(28-24)22-8-5-13-32-22)23(31)27-19-10-12-29(16-19)15-18-6-3-2-4-7-18/h2-9,11,13-14,19H,10,12,15-16H2,1H3,(H,27,31). The fraction of sp³-hybridized carbons (Fsp3) is 0.250. The van der Waals surface area contributed by atoms with E-state index in [1.54, 1.807) is 28.4 Å². The molecule has 162 valence electrons. The van der Waals surface area contributed by atoms with E-state index in [2.05, 4.69) is 49.5 Å². The summed E-state index contributed by atoms with van der Waals surface area (Å²) in [6, 6.07) is 16.5. The van der Waals surface area contributed by atoms with Gasteiger partial charge >= 0.3 is 0 Å². The second kappa shape index (κ2) is 9.02. The van der Waals surface area contributed by atoms with E-state index in [0.717, 1.165) is 42.3 Å². The number of thiophene rings is 1. The second-order valence-corrected chi connectivity index (χ2v) is 8.90. The Morgan fingerprint density at radius 1 is 1.19 bits per heavy atom. The summed E-state index contributed by atoms with van der Waals surface area (Å²) in [5.41, 5.74) is 3.42. The zero-order valence-electron chi connectivity index (χ0n) is 17.8. The van der Waals surface area contributed by atoms with Crippen molar-refractivity contribution in [3.05, 3.63) is 83.1 Å². The molecule has 0 aliphatic carbocycles. The average Bonchev–Trinajstić information content (AvgIpc) is 3.56. The largest absolute Gasteiger partial charge is 0.348 e. The molecule has 1 unspecified atom stereocenters. The summed E-state index contributed by atoms with van der Waals surface area (Å²) in [4.78, 5) is 25.4. The first-order valence-corrected chi connectivity index (χ1v) is 11.5. The van der Waals surface area contributed by atoms with Crippen molar-refractivity contribution >= 4 is 17.2 Å². The zero-order valence-corrected chi connectivity index (χ0v) is 18.6. The number of hydrogen-bond donors (Lipinski definition) is 1. The SMILES string of the molecule is Cc1c(C(=O)NC2CCN(Cc3ccccc3)C2)cnn1-c1nccc(-c2cccs2)n1. The minimum atomic E-state index is -0.102. The molecular weight excluding hydrogens is 420 g/mol. The lowest BCUT2D eigenvalue weighted by Crippen LogP contribution is -2.37. The molecule has 0 saturated carbocycles. The van der Waals surface area contributed by atoms with E-state index < -0.39 is 0 Å². The quantitative estimate of drug-likeness (QED) is 0.491. The lowest BCUT2D eigenvalue weighted by molar-refractivity contribution is 0.0937. The minimum absolute atomic E-state index is 0.102. The molecule has 0 bridgehead atoms. The van der Waals surface area contributed by atoms with E-state index >= 15 is 0 Å². The lowest BCUT2D eigenvalue weighted by atomic mass is 10.2. The third-order valence-electron chi connectivity index (χ3n) is 5.72. The summed E-state index contributed by atoms with van der Waals surface area (Å²) < 4.78 is 1.63. The predicted octanol–water partition coefficient (Wildman–Crippen LogP) is 3.70. The number of carbonyl (C=O) groups is 1. The first-order valence-electron chi connectivity index (χ1n) is 10.7. The molecule has 4 aromatic rings. The van der Waals surface area contributed by atoms with Crippen molar-refractivity contribution in [2.24, 2.45) is 0 Å². The molecule has 5 rings (SSSR count). The van der Waals surface area contributed by atoms with Gasteiger partial charge in [-0.3, -0.25) is 9.69 Å². The predicted molar refractivity (Wildman–Crippen MR) is 125 cm³/mol. The van der Waals surface area contributed by atoms with E-state index in [1.807, 2.05) is 36.6 Å². The normalized spacial score (nSPS) is 16.3. The van der Waals surface area contributed by atoms with E-state index in [0.29, 0.717) is 11.5 Å². The summed E-state index contributed by atoms with van der Waals surface area (Å²) >= 11 is 1.62. The number of nitrogens with zero attached hydrogens (tertiary/aromatic N) is 5. The van der Waals surface area contributed by atoms with Crippen LogP contribution in [-0.4, -0.2) is 49.7 Å². The van der Waals surface area contributed by atoms with Crippen LogP contribution in [0.1, 0.15) is 28.0 Å². The molecule has 4 heterocycles. The Bertz CT molecular complexity index is 1200. The van der Waals surface area contributed by atoms with Gasteiger partial charge in [0.25, 0.3) is 11.9 Å². The fourth-order valence-corrected chi connectivity index (χ4v) is 4.74. The van der Waals surface area contributed by atoms with Gasteiger partial charge in [-0.1, -0.05) is 36.4 Å². The molecular formula is C24H24N6OS. The van der Waals surface area contributed by atoms with Crippen molar-refractivity contribution in [1.29, 1.82) is 0 Å². The van der Waals surface area contributed by atoms with Crippen LogP contribution in [0.25, 0.3) is 16.5 Å². The number of aromatic nitrogens is 4. The summed E-state index contributed by atoms with van der Waals surface area (Å²) in [6.07, 6.45) is 4.26. The van der Waals surface area contributed by atoms with Crippen molar-refractivity contribution in [3.8, 4) is 16.5 Å². The van der Waals surface area contributed by atoms with Gasteiger partial charge in [0.2, 0.25) is 0 Å². The van der Waals surface area contributed by atoms with Crippen molar-refractivity contribution < 1.29 is 4.79 Å². The van der Waals surface area contributed by atoms with Gasteiger partial charge in [0, 0.05) is 31.9 Å². The molecule has 32 heavy (non-hydrogen) atoms. The van der Waals surface area contributed by atoms with Crippen LogP contribution in [0.3, 0.4) is 0 Å². The third kappa shape index (κ3) is 4.32. The smallest absolute Gasteiger partial charge is 0.255 e. The maximum absolute atomic E-state index is 13.0. The summed E-state index contributed by atoms with van der Waals surface area (Å²) in [7, 11) is 0. The number of benzene rings is 1. The van der Waals surface area contributed by atoms with Crippen LogP contribution in [0.15, 0.2) is 66.3 Å². The number of rotatable bonds is 6. The molecule has 0 radical (unpaired) electrons. The highest BCUT2D eigenvalue weighted by Crippen LogP contribution is 2.23. The average molecular weight is 445 g/mol. The number of nitrogens with one attached hydrogen (secondary N) is 1. The third-order valence-corrected chi connectivity index (χ3v) is 6.61. The lowest BCUT2D eigenvalue weighted by Gasteiger charge is -2.16. The summed E-state index contributed by atoms with van der Waals surface area (Å²) in [6.45, 7) is 4.60. The number of amides is 1. The van der Waals surface area contributed by atoms with Crippen molar-refractivity contribution in [2.45, 2.75) is 25.9 Å². The van der Waals surface area contributed by atoms with Gasteiger partial charge in [-0.2, -0.15) is 5.10 Å². The first kappa shape index (κ1) is 20.5. The maximum Gasteiger partial charge on any atom is 0.255 e. The molecule has 0 spiro atoms. The van der Waals surface area contributed by atoms with Crippen LogP contribution in [-0.2, 0) is 6.54 Å². The molecule has 1 N–H and O–H groups in total.